The monoisotopic (exact) mass is 320 g/mol. The molecule has 0 aromatic carbocycles. The number of aryl methyl sites for hydroxylation is 2. The molecule has 1 aromatic rings. The average molecular weight is 320 g/mol. The fraction of sp³-hybridized carbons (Fsp3) is 0.765. The highest BCUT2D eigenvalue weighted by molar-refractivity contribution is 5.27. The number of hydrogen-bond acceptors (Lipinski definition) is 6. The van der Waals surface area contributed by atoms with E-state index in [1.165, 1.54) is 24.1 Å². The number of rotatable bonds is 5. The summed E-state index contributed by atoms with van der Waals surface area (Å²) in [5.41, 5.74) is 2.93. The lowest BCUT2D eigenvalue weighted by atomic mass is 9.95. The number of fused-ring (bicyclic) bond motifs is 1. The SMILES string of the molecule is Cc1nc(CCNCC2(O)CNCCOC2)nc2c1CCCC2. The van der Waals surface area contributed by atoms with E-state index in [4.69, 9.17) is 9.72 Å². The Labute approximate surface area is 138 Å². The van der Waals surface area contributed by atoms with Crippen molar-refractivity contribution in [2.75, 3.05) is 39.4 Å². The highest BCUT2D eigenvalue weighted by Crippen LogP contribution is 2.21. The lowest BCUT2D eigenvalue weighted by Crippen LogP contribution is -2.50. The predicted octanol–water partition coefficient (Wildman–Crippen LogP) is 0.147. The fourth-order valence-electron chi connectivity index (χ4n) is 3.37. The molecule has 1 saturated heterocycles. The molecular formula is C17H28N4O2. The summed E-state index contributed by atoms with van der Waals surface area (Å²) >= 11 is 0. The Hall–Kier alpha value is -1.08. The van der Waals surface area contributed by atoms with Crippen LogP contribution in [0.1, 0.15) is 35.6 Å². The van der Waals surface area contributed by atoms with Crippen molar-refractivity contribution in [3.8, 4) is 0 Å². The van der Waals surface area contributed by atoms with Gasteiger partial charge in [0.25, 0.3) is 0 Å². The van der Waals surface area contributed by atoms with Crippen LogP contribution in [0.4, 0.5) is 0 Å². The van der Waals surface area contributed by atoms with Crippen LogP contribution in [-0.2, 0) is 24.0 Å². The minimum Gasteiger partial charge on any atom is -0.385 e. The van der Waals surface area contributed by atoms with Gasteiger partial charge >= 0.3 is 0 Å². The Morgan fingerprint density at radius 3 is 3.09 bits per heavy atom. The zero-order valence-electron chi connectivity index (χ0n) is 14.0. The minimum atomic E-state index is -0.830. The number of ether oxygens (including phenoxy) is 1. The molecule has 6 heteroatoms. The lowest BCUT2D eigenvalue weighted by Gasteiger charge is -2.26. The first-order valence-corrected chi connectivity index (χ1v) is 8.73. The van der Waals surface area contributed by atoms with Gasteiger partial charge in [-0.3, -0.25) is 0 Å². The Morgan fingerprint density at radius 1 is 1.30 bits per heavy atom. The van der Waals surface area contributed by atoms with Crippen LogP contribution in [0.3, 0.4) is 0 Å². The van der Waals surface area contributed by atoms with Crippen LogP contribution >= 0.6 is 0 Å². The lowest BCUT2D eigenvalue weighted by molar-refractivity contribution is -0.0260. The van der Waals surface area contributed by atoms with Gasteiger partial charge in [0.05, 0.1) is 13.2 Å². The molecule has 0 radical (unpaired) electrons. The maximum atomic E-state index is 10.5. The summed E-state index contributed by atoms with van der Waals surface area (Å²) in [4.78, 5) is 9.39. The molecule has 1 fully saturated rings. The van der Waals surface area contributed by atoms with Crippen molar-refractivity contribution in [3.63, 3.8) is 0 Å². The number of aliphatic hydroxyl groups is 1. The highest BCUT2D eigenvalue weighted by atomic mass is 16.5. The largest absolute Gasteiger partial charge is 0.385 e. The van der Waals surface area contributed by atoms with Gasteiger partial charge in [0.15, 0.2) is 0 Å². The molecule has 3 N–H and O–H groups in total. The zero-order chi connectivity index (χ0) is 16.1. The second kappa shape index (κ2) is 7.66. The Morgan fingerprint density at radius 2 is 2.17 bits per heavy atom. The fourth-order valence-corrected chi connectivity index (χ4v) is 3.37. The van der Waals surface area contributed by atoms with Crippen molar-refractivity contribution in [3.05, 3.63) is 22.8 Å². The third kappa shape index (κ3) is 4.47. The molecule has 2 aliphatic rings. The Kier molecular flexibility index (Phi) is 5.58. The molecule has 1 atom stereocenters. The van der Waals surface area contributed by atoms with E-state index in [1.54, 1.807) is 0 Å². The van der Waals surface area contributed by atoms with Crippen LogP contribution in [0.15, 0.2) is 0 Å². The van der Waals surface area contributed by atoms with Crippen LogP contribution in [-0.4, -0.2) is 60.1 Å². The van der Waals surface area contributed by atoms with E-state index in [0.717, 1.165) is 43.9 Å². The van der Waals surface area contributed by atoms with Gasteiger partial charge in [-0.05, 0) is 38.2 Å². The van der Waals surface area contributed by atoms with Gasteiger partial charge in [-0.25, -0.2) is 9.97 Å². The van der Waals surface area contributed by atoms with E-state index in [-0.39, 0.29) is 0 Å². The van der Waals surface area contributed by atoms with E-state index >= 15 is 0 Å². The quantitative estimate of drug-likeness (QED) is 0.670. The molecule has 1 aliphatic carbocycles. The van der Waals surface area contributed by atoms with Crippen molar-refractivity contribution in [1.29, 1.82) is 0 Å². The van der Waals surface area contributed by atoms with Gasteiger partial charge < -0.3 is 20.5 Å². The normalized spacial score (nSPS) is 25.0. The number of nitrogens with one attached hydrogen (secondary N) is 2. The van der Waals surface area contributed by atoms with Crippen molar-refractivity contribution in [2.45, 2.75) is 44.6 Å². The summed E-state index contributed by atoms with van der Waals surface area (Å²) in [5, 5.41) is 17.0. The smallest absolute Gasteiger partial charge is 0.130 e. The van der Waals surface area contributed by atoms with E-state index < -0.39 is 5.60 Å². The molecule has 0 saturated carbocycles. The maximum Gasteiger partial charge on any atom is 0.130 e. The summed E-state index contributed by atoms with van der Waals surface area (Å²) in [6.07, 6.45) is 5.49. The number of nitrogens with zero attached hydrogens (tertiary/aromatic N) is 2. The van der Waals surface area contributed by atoms with Crippen molar-refractivity contribution < 1.29 is 9.84 Å². The predicted molar refractivity (Wildman–Crippen MR) is 88.6 cm³/mol. The number of aromatic nitrogens is 2. The third-order valence-electron chi connectivity index (χ3n) is 4.66. The van der Waals surface area contributed by atoms with Crippen LogP contribution in [0.5, 0.6) is 0 Å². The molecule has 6 nitrogen and oxygen atoms in total. The summed E-state index contributed by atoms with van der Waals surface area (Å²) in [6, 6.07) is 0. The van der Waals surface area contributed by atoms with Crippen molar-refractivity contribution in [1.82, 2.24) is 20.6 Å². The molecule has 1 unspecified atom stereocenters. The third-order valence-corrected chi connectivity index (χ3v) is 4.66. The molecule has 0 spiro atoms. The van der Waals surface area contributed by atoms with Crippen LogP contribution < -0.4 is 10.6 Å². The Balaban J connectivity index is 1.50. The van der Waals surface area contributed by atoms with E-state index in [0.29, 0.717) is 26.3 Å². The first kappa shape index (κ1) is 16.8. The van der Waals surface area contributed by atoms with Crippen LogP contribution in [0, 0.1) is 6.92 Å². The molecule has 2 heterocycles. The van der Waals surface area contributed by atoms with Crippen molar-refractivity contribution in [2.24, 2.45) is 0 Å². The van der Waals surface area contributed by atoms with E-state index in [1.807, 2.05) is 0 Å². The van der Waals surface area contributed by atoms with Crippen molar-refractivity contribution >= 4 is 0 Å². The van der Waals surface area contributed by atoms with Gasteiger partial charge in [0.1, 0.15) is 11.4 Å². The molecule has 1 aliphatic heterocycles. The molecule has 1 aromatic heterocycles. The van der Waals surface area contributed by atoms with Gasteiger partial charge in [-0.1, -0.05) is 0 Å². The second-order valence-corrected chi connectivity index (χ2v) is 6.74. The average Bonchev–Trinajstić information content (AvgIpc) is 2.77. The van der Waals surface area contributed by atoms with E-state index in [9.17, 15) is 5.11 Å². The first-order valence-electron chi connectivity index (χ1n) is 8.73. The highest BCUT2D eigenvalue weighted by Gasteiger charge is 2.28. The summed E-state index contributed by atoms with van der Waals surface area (Å²) < 4.78 is 5.43. The standard InChI is InChI=1S/C17H28N4O2/c1-13-14-4-2-3-5-15(14)21-16(20-13)6-7-18-10-17(22)11-19-8-9-23-12-17/h18-19,22H,2-12H2,1H3. The first-order chi connectivity index (χ1) is 11.2. The molecule has 23 heavy (non-hydrogen) atoms. The van der Waals surface area contributed by atoms with E-state index in [2.05, 4.69) is 22.5 Å². The molecule has 0 amide bonds. The van der Waals surface area contributed by atoms with Crippen LogP contribution in [0.25, 0.3) is 0 Å². The summed E-state index contributed by atoms with van der Waals surface area (Å²) in [6.45, 7) is 5.77. The van der Waals surface area contributed by atoms with Gasteiger partial charge in [0, 0.05) is 44.0 Å². The van der Waals surface area contributed by atoms with Gasteiger partial charge in [-0.2, -0.15) is 0 Å². The zero-order valence-corrected chi connectivity index (χ0v) is 14.0. The topological polar surface area (TPSA) is 79.3 Å². The molecule has 0 bridgehead atoms. The maximum absolute atomic E-state index is 10.5. The van der Waals surface area contributed by atoms with Gasteiger partial charge in [0.2, 0.25) is 0 Å². The summed E-state index contributed by atoms with van der Waals surface area (Å²) in [7, 11) is 0. The molecular weight excluding hydrogens is 292 g/mol. The minimum absolute atomic E-state index is 0.376. The molecule has 128 valence electrons. The van der Waals surface area contributed by atoms with Gasteiger partial charge in [-0.15, -0.1) is 0 Å². The number of hydrogen-bond donors (Lipinski definition) is 3. The Bertz CT molecular complexity index is 528. The molecule has 3 rings (SSSR count). The van der Waals surface area contributed by atoms with Crippen LogP contribution in [0.2, 0.25) is 0 Å². The summed E-state index contributed by atoms with van der Waals surface area (Å²) in [5.74, 6) is 0.915. The second-order valence-electron chi connectivity index (χ2n) is 6.74. The number of β-amino-alcohol motifs (C(OH)–C–C–N with tert-alkyl or cyclic N) is 1.